The third-order valence-corrected chi connectivity index (χ3v) is 3.76. The summed E-state index contributed by atoms with van der Waals surface area (Å²) in [4.78, 5) is 11.9. The van der Waals surface area contributed by atoms with Gasteiger partial charge in [-0.2, -0.15) is 0 Å². The molecule has 92 valence electrons. The Balaban J connectivity index is 1.93. The highest BCUT2D eigenvalue weighted by Crippen LogP contribution is 2.31. The van der Waals surface area contributed by atoms with Gasteiger partial charge in [0, 0.05) is 4.47 Å². The summed E-state index contributed by atoms with van der Waals surface area (Å²) in [7, 11) is 0. The van der Waals surface area contributed by atoms with Crippen LogP contribution in [0, 0.1) is 0 Å². The number of carbonyl (C=O) groups excluding carboxylic acids is 1. The Hall–Kier alpha value is -0.870. The number of carbonyl (C=O) groups is 1. The predicted molar refractivity (Wildman–Crippen MR) is 69.7 cm³/mol. The predicted octanol–water partition coefficient (Wildman–Crippen LogP) is 2.02. The van der Waals surface area contributed by atoms with Gasteiger partial charge in [-0.25, -0.2) is 0 Å². The Morgan fingerprint density at radius 3 is 2.76 bits per heavy atom. The van der Waals surface area contributed by atoms with Gasteiger partial charge in [0.25, 0.3) is 0 Å². The molecule has 0 saturated heterocycles. The zero-order chi connectivity index (χ0) is 12.3. The van der Waals surface area contributed by atoms with Gasteiger partial charge in [-0.1, -0.05) is 28.1 Å². The molecule has 1 saturated carbocycles. The first-order chi connectivity index (χ1) is 8.13. The average molecular weight is 298 g/mol. The van der Waals surface area contributed by atoms with Crippen LogP contribution in [0.15, 0.2) is 28.7 Å². The van der Waals surface area contributed by atoms with Gasteiger partial charge in [-0.15, -0.1) is 0 Å². The van der Waals surface area contributed by atoms with E-state index in [2.05, 4.69) is 21.2 Å². The molecule has 0 aliphatic heterocycles. The van der Waals surface area contributed by atoms with Gasteiger partial charge in [0.15, 0.2) is 0 Å². The Bertz CT molecular complexity index is 410. The number of nitrogens with one attached hydrogen (secondary N) is 1. The highest BCUT2D eigenvalue weighted by molar-refractivity contribution is 9.10. The SMILES string of the molecule is O=C(Cc1cccc(Br)c1)NC1(CO)CCC1. The lowest BCUT2D eigenvalue weighted by molar-refractivity contribution is -0.124. The summed E-state index contributed by atoms with van der Waals surface area (Å²) >= 11 is 3.38. The summed E-state index contributed by atoms with van der Waals surface area (Å²) in [6.45, 7) is 0.0389. The summed E-state index contributed by atoms with van der Waals surface area (Å²) in [5.41, 5.74) is 0.632. The minimum Gasteiger partial charge on any atom is -0.394 e. The lowest BCUT2D eigenvalue weighted by atomic mass is 9.77. The highest BCUT2D eigenvalue weighted by Gasteiger charge is 2.37. The Morgan fingerprint density at radius 1 is 1.47 bits per heavy atom. The van der Waals surface area contributed by atoms with Crippen LogP contribution in [0.3, 0.4) is 0 Å². The number of halogens is 1. The highest BCUT2D eigenvalue weighted by atomic mass is 79.9. The molecule has 0 aromatic heterocycles. The molecule has 1 aromatic rings. The van der Waals surface area contributed by atoms with E-state index in [1.54, 1.807) is 0 Å². The molecular weight excluding hydrogens is 282 g/mol. The number of hydrogen-bond donors (Lipinski definition) is 2. The van der Waals surface area contributed by atoms with Crippen LogP contribution < -0.4 is 5.32 Å². The molecule has 1 amide bonds. The zero-order valence-corrected chi connectivity index (χ0v) is 11.2. The summed E-state index contributed by atoms with van der Waals surface area (Å²) in [6.07, 6.45) is 3.21. The van der Waals surface area contributed by atoms with Gasteiger partial charge in [0.1, 0.15) is 0 Å². The molecule has 0 radical (unpaired) electrons. The van der Waals surface area contributed by atoms with Crippen LogP contribution in [0.2, 0.25) is 0 Å². The summed E-state index contributed by atoms with van der Waals surface area (Å²) in [6, 6.07) is 7.71. The third kappa shape index (κ3) is 3.07. The van der Waals surface area contributed by atoms with Crippen LogP contribution in [0.4, 0.5) is 0 Å². The van der Waals surface area contributed by atoms with E-state index in [0.717, 1.165) is 29.3 Å². The van der Waals surface area contributed by atoms with Gasteiger partial charge in [-0.3, -0.25) is 4.79 Å². The van der Waals surface area contributed by atoms with Gasteiger partial charge < -0.3 is 10.4 Å². The summed E-state index contributed by atoms with van der Waals surface area (Å²) in [5, 5.41) is 12.2. The number of rotatable bonds is 4. The molecule has 4 heteroatoms. The van der Waals surface area contributed by atoms with Crippen LogP contribution >= 0.6 is 15.9 Å². The molecule has 2 N–H and O–H groups in total. The second kappa shape index (κ2) is 5.19. The number of hydrogen-bond acceptors (Lipinski definition) is 2. The maximum absolute atomic E-state index is 11.9. The molecule has 1 aliphatic rings. The second-order valence-electron chi connectivity index (χ2n) is 4.65. The molecule has 2 rings (SSSR count). The van der Waals surface area contributed by atoms with Crippen molar-refractivity contribution in [3.05, 3.63) is 34.3 Å². The van der Waals surface area contributed by atoms with Crippen LogP contribution in [-0.4, -0.2) is 23.2 Å². The van der Waals surface area contributed by atoms with Crippen LogP contribution in [0.5, 0.6) is 0 Å². The van der Waals surface area contributed by atoms with Gasteiger partial charge >= 0.3 is 0 Å². The van der Waals surface area contributed by atoms with E-state index in [0.29, 0.717) is 6.42 Å². The van der Waals surface area contributed by atoms with E-state index < -0.39 is 0 Å². The number of amides is 1. The quantitative estimate of drug-likeness (QED) is 0.893. The third-order valence-electron chi connectivity index (χ3n) is 3.27. The van der Waals surface area contributed by atoms with Crippen molar-refractivity contribution in [2.24, 2.45) is 0 Å². The van der Waals surface area contributed by atoms with Crippen LogP contribution in [0.25, 0.3) is 0 Å². The largest absolute Gasteiger partial charge is 0.394 e. The first kappa shape index (κ1) is 12.6. The molecule has 0 atom stereocenters. The fourth-order valence-electron chi connectivity index (χ4n) is 2.10. The van der Waals surface area contributed by atoms with Gasteiger partial charge in [0.05, 0.1) is 18.6 Å². The summed E-state index contributed by atoms with van der Waals surface area (Å²) in [5.74, 6) is -0.0168. The van der Waals surface area contributed by atoms with Crippen LogP contribution in [0.1, 0.15) is 24.8 Å². The van der Waals surface area contributed by atoms with Crippen molar-refractivity contribution < 1.29 is 9.90 Å². The van der Waals surface area contributed by atoms with Crippen molar-refractivity contribution in [2.75, 3.05) is 6.61 Å². The minimum absolute atomic E-state index is 0.0168. The van der Waals surface area contributed by atoms with E-state index >= 15 is 0 Å². The molecule has 0 spiro atoms. The van der Waals surface area contributed by atoms with E-state index in [-0.39, 0.29) is 18.1 Å². The van der Waals surface area contributed by atoms with Gasteiger partial charge in [-0.05, 0) is 37.0 Å². The molecule has 1 fully saturated rings. The monoisotopic (exact) mass is 297 g/mol. The van der Waals surface area contributed by atoms with Crippen molar-refractivity contribution in [2.45, 2.75) is 31.2 Å². The lowest BCUT2D eigenvalue weighted by Crippen LogP contribution is -2.56. The van der Waals surface area contributed by atoms with E-state index in [1.807, 2.05) is 24.3 Å². The van der Waals surface area contributed by atoms with E-state index in [4.69, 9.17) is 0 Å². The number of aliphatic hydroxyl groups excluding tert-OH is 1. The van der Waals surface area contributed by atoms with Crippen molar-refractivity contribution in [1.29, 1.82) is 0 Å². The van der Waals surface area contributed by atoms with Crippen molar-refractivity contribution >= 4 is 21.8 Å². The average Bonchev–Trinajstić information content (AvgIpc) is 2.23. The molecule has 17 heavy (non-hydrogen) atoms. The minimum atomic E-state index is -0.344. The molecule has 0 unspecified atom stereocenters. The Kier molecular flexibility index (Phi) is 3.84. The molecule has 0 bridgehead atoms. The maximum atomic E-state index is 11.9. The standard InChI is InChI=1S/C13H16BrNO2/c14-11-4-1-3-10(7-11)8-12(17)15-13(9-16)5-2-6-13/h1,3-4,7,16H,2,5-6,8-9H2,(H,15,17). The Labute approximate surface area is 109 Å². The molecule has 3 nitrogen and oxygen atoms in total. The van der Waals surface area contributed by atoms with E-state index in [1.165, 1.54) is 0 Å². The first-order valence-electron chi connectivity index (χ1n) is 5.80. The molecular formula is C13H16BrNO2. The van der Waals surface area contributed by atoms with Crippen molar-refractivity contribution in [3.8, 4) is 0 Å². The molecule has 1 aliphatic carbocycles. The maximum Gasteiger partial charge on any atom is 0.224 e. The van der Waals surface area contributed by atoms with Crippen molar-refractivity contribution in [1.82, 2.24) is 5.32 Å². The smallest absolute Gasteiger partial charge is 0.224 e. The topological polar surface area (TPSA) is 49.3 Å². The van der Waals surface area contributed by atoms with Gasteiger partial charge in [0.2, 0.25) is 5.91 Å². The van der Waals surface area contributed by atoms with E-state index in [9.17, 15) is 9.90 Å². The molecule has 1 aromatic carbocycles. The lowest BCUT2D eigenvalue weighted by Gasteiger charge is -2.41. The normalized spacial score (nSPS) is 17.3. The number of aliphatic hydroxyl groups is 1. The zero-order valence-electron chi connectivity index (χ0n) is 9.58. The Morgan fingerprint density at radius 2 is 2.24 bits per heavy atom. The molecule has 0 heterocycles. The fourth-order valence-corrected chi connectivity index (χ4v) is 2.55. The summed E-state index contributed by atoms with van der Waals surface area (Å²) < 4.78 is 0.975. The van der Waals surface area contributed by atoms with Crippen molar-refractivity contribution in [3.63, 3.8) is 0 Å². The first-order valence-corrected chi connectivity index (χ1v) is 6.59. The number of benzene rings is 1. The fraction of sp³-hybridized carbons (Fsp3) is 0.462. The second-order valence-corrected chi connectivity index (χ2v) is 5.56. The van der Waals surface area contributed by atoms with Crippen LogP contribution in [-0.2, 0) is 11.2 Å².